The Bertz CT molecular complexity index is 1010. The number of benzene rings is 2. The number of aryl methyl sites for hydroxylation is 1. The highest BCUT2D eigenvalue weighted by atomic mass is 32.2. The first kappa shape index (κ1) is 17.6. The molecule has 1 aromatic heterocycles. The van der Waals surface area contributed by atoms with Crippen LogP contribution in [0.2, 0.25) is 0 Å². The van der Waals surface area contributed by atoms with Gasteiger partial charge in [-0.25, -0.2) is 13.4 Å². The molecule has 3 aromatic rings. The average molecular weight is 384 g/mol. The van der Waals surface area contributed by atoms with Crippen LogP contribution < -0.4 is 0 Å². The Kier molecular flexibility index (Phi) is 4.38. The summed E-state index contributed by atoms with van der Waals surface area (Å²) < 4.78 is 67.1. The third kappa shape index (κ3) is 3.57. The number of nitrogens with zero attached hydrogens (tertiary/aromatic N) is 2. The number of aromatic nitrogens is 2. The van der Waals surface area contributed by atoms with Crippen molar-refractivity contribution in [1.82, 2.24) is 9.36 Å². The Morgan fingerprint density at radius 3 is 2.36 bits per heavy atom. The third-order valence-electron chi connectivity index (χ3n) is 3.42. The molecule has 25 heavy (non-hydrogen) atoms. The van der Waals surface area contributed by atoms with E-state index in [-0.39, 0.29) is 20.6 Å². The number of hydrogen-bond donors (Lipinski definition) is 0. The van der Waals surface area contributed by atoms with Gasteiger partial charge in [-0.05, 0) is 42.7 Å². The Morgan fingerprint density at radius 2 is 1.72 bits per heavy atom. The topological polar surface area (TPSA) is 59.9 Å². The van der Waals surface area contributed by atoms with Crippen LogP contribution in [0, 0.1) is 6.92 Å². The zero-order valence-corrected chi connectivity index (χ0v) is 14.4. The first-order valence-corrected chi connectivity index (χ1v) is 9.27. The van der Waals surface area contributed by atoms with Crippen molar-refractivity contribution >= 4 is 21.4 Å². The van der Waals surface area contributed by atoms with Crippen LogP contribution in [-0.2, 0) is 16.0 Å². The molecule has 0 aliphatic carbocycles. The summed E-state index contributed by atoms with van der Waals surface area (Å²) in [5.74, 6) is -0.0539. The molecule has 0 saturated heterocycles. The summed E-state index contributed by atoms with van der Waals surface area (Å²) in [6.07, 6.45) is -4.50. The van der Waals surface area contributed by atoms with Gasteiger partial charge in [-0.1, -0.05) is 29.8 Å². The van der Waals surface area contributed by atoms with E-state index in [9.17, 15) is 21.6 Å². The van der Waals surface area contributed by atoms with Crippen molar-refractivity contribution in [2.45, 2.75) is 22.3 Å². The lowest BCUT2D eigenvalue weighted by molar-refractivity contribution is -0.137. The number of hydrogen-bond acceptors (Lipinski definition) is 5. The molecule has 0 amide bonds. The standard InChI is InChI=1S/C16H11F3N2O2S2/c1-10-5-7-13(8-6-10)25(22,23)15-20-14(21-24-15)11-3-2-4-12(9-11)16(17,18)19/h2-9H,1H3. The lowest BCUT2D eigenvalue weighted by Crippen LogP contribution is -2.04. The molecule has 3 rings (SSSR count). The summed E-state index contributed by atoms with van der Waals surface area (Å²) in [6.45, 7) is 1.83. The largest absolute Gasteiger partial charge is 0.416 e. The van der Waals surface area contributed by atoms with Gasteiger partial charge in [0, 0.05) is 5.56 Å². The number of halogens is 3. The Labute approximate surface area is 146 Å². The predicted molar refractivity (Wildman–Crippen MR) is 87.0 cm³/mol. The van der Waals surface area contributed by atoms with E-state index in [4.69, 9.17) is 0 Å². The van der Waals surface area contributed by atoms with Crippen LogP contribution in [0.4, 0.5) is 13.2 Å². The van der Waals surface area contributed by atoms with Gasteiger partial charge in [-0.2, -0.15) is 17.5 Å². The number of alkyl halides is 3. The van der Waals surface area contributed by atoms with E-state index in [0.717, 1.165) is 17.7 Å². The van der Waals surface area contributed by atoms with Crippen LogP contribution in [0.25, 0.3) is 11.4 Å². The second kappa shape index (κ2) is 6.23. The van der Waals surface area contributed by atoms with E-state index in [1.54, 1.807) is 12.1 Å². The van der Waals surface area contributed by atoms with Crippen LogP contribution in [-0.4, -0.2) is 17.8 Å². The van der Waals surface area contributed by atoms with E-state index in [2.05, 4.69) is 9.36 Å². The SMILES string of the molecule is Cc1ccc(S(=O)(=O)c2nc(-c3cccc(C(F)(F)F)c3)ns2)cc1. The zero-order valence-electron chi connectivity index (χ0n) is 12.8. The van der Waals surface area contributed by atoms with Gasteiger partial charge in [0.2, 0.25) is 14.2 Å². The van der Waals surface area contributed by atoms with Crippen molar-refractivity contribution in [2.24, 2.45) is 0 Å². The summed E-state index contributed by atoms with van der Waals surface area (Å²) >= 11 is 0.633. The smallest absolute Gasteiger partial charge is 0.216 e. The summed E-state index contributed by atoms with van der Waals surface area (Å²) in [4.78, 5) is 3.99. The zero-order chi connectivity index (χ0) is 18.2. The van der Waals surface area contributed by atoms with E-state index in [0.29, 0.717) is 11.5 Å². The van der Waals surface area contributed by atoms with Crippen molar-refractivity contribution in [2.75, 3.05) is 0 Å². The van der Waals surface area contributed by atoms with Crippen molar-refractivity contribution in [3.8, 4) is 11.4 Å². The van der Waals surface area contributed by atoms with Crippen molar-refractivity contribution in [1.29, 1.82) is 0 Å². The summed E-state index contributed by atoms with van der Waals surface area (Å²) in [5, 5.41) is 0. The van der Waals surface area contributed by atoms with Crippen molar-refractivity contribution < 1.29 is 21.6 Å². The molecule has 0 atom stereocenters. The molecular formula is C16H11F3N2O2S2. The normalized spacial score (nSPS) is 12.3. The fourth-order valence-electron chi connectivity index (χ4n) is 2.09. The highest BCUT2D eigenvalue weighted by Crippen LogP contribution is 2.32. The molecule has 0 fully saturated rings. The fourth-order valence-corrected chi connectivity index (χ4v) is 4.22. The second-order valence-electron chi connectivity index (χ2n) is 5.28. The molecule has 4 nitrogen and oxygen atoms in total. The van der Waals surface area contributed by atoms with Crippen molar-refractivity contribution in [3.05, 3.63) is 59.7 Å². The van der Waals surface area contributed by atoms with Gasteiger partial charge in [-0.15, -0.1) is 0 Å². The highest BCUT2D eigenvalue weighted by Gasteiger charge is 2.31. The molecule has 0 unspecified atom stereocenters. The van der Waals surface area contributed by atoms with Gasteiger partial charge in [0.15, 0.2) is 5.82 Å². The van der Waals surface area contributed by atoms with Gasteiger partial charge in [0.05, 0.1) is 10.5 Å². The molecular weight excluding hydrogens is 373 g/mol. The Hall–Kier alpha value is -2.26. The third-order valence-corrected chi connectivity index (χ3v) is 6.25. The van der Waals surface area contributed by atoms with E-state index >= 15 is 0 Å². The first-order chi connectivity index (χ1) is 11.7. The van der Waals surface area contributed by atoms with Gasteiger partial charge < -0.3 is 0 Å². The lowest BCUT2D eigenvalue weighted by Gasteiger charge is -2.06. The molecule has 0 spiro atoms. The molecule has 9 heteroatoms. The lowest BCUT2D eigenvalue weighted by atomic mass is 10.1. The molecule has 130 valence electrons. The molecule has 0 N–H and O–H groups in total. The van der Waals surface area contributed by atoms with E-state index < -0.39 is 21.6 Å². The van der Waals surface area contributed by atoms with Crippen LogP contribution >= 0.6 is 11.5 Å². The molecule has 0 aliphatic heterocycles. The minimum absolute atomic E-state index is 0.0539. The minimum atomic E-state index is -4.50. The molecule has 0 aliphatic rings. The Morgan fingerprint density at radius 1 is 1.04 bits per heavy atom. The van der Waals surface area contributed by atoms with Crippen LogP contribution in [0.1, 0.15) is 11.1 Å². The van der Waals surface area contributed by atoms with Gasteiger partial charge in [-0.3, -0.25) is 0 Å². The molecule has 2 aromatic carbocycles. The van der Waals surface area contributed by atoms with Crippen molar-refractivity contribution in [3.63, 3.8) is 0 Å². The monoisotopic (exact) mass is 384 g/mol. The maximum atomic E-state index is 12.8. The molecule has 0 bridgehead atoms. The molecule has 0 saturated carbocycles. The van der Waals surface area contributed by atoms with Gasteiger partial charge in [0.1, 0.15) is 0 Å². The maximum absolute atomic E-state index is 12.8. The number of sulfone groups is 1. The number of rotatable bonds is 3. The Balaban J connectivity index is 1.99. The summed E-state index contributed by atoms with van der Waals surface area (Å²) in [5.41, 5.74) is 0.167. The van der Waals surface area contributed by atoms with Crippen LogP contribution in [0.5, 0.6) is 0 Å². The fraction of sp³-hybridized carbons (Fsp3) is 0.125. The van der Waals surface area contributed by atoms with Gasteiger partial charge >= 0.3 is 6.18 Å². The van der Waals surface area contributed by atoms with E-state index in [1.165, 1.54) is 24.3 Å². The first-order valence-electron chi connectivity index (χ1n) is 7.01. The molecule has 0 radical (unpaired) electrons. The second-order valence-corrected chi connectivity index (χ2v) is 8.15. The predicted octanol–water partition coefficient (Wildman–Crippen LogP) is 4.37. The summed E-state index contributed by atoms with van der Waals surface area (Å²) in [7, 11) is -3.86. The van der Waals surface area contributed by atoms with Gasteiger partial charge in [0.25, 0.3) is 0 Å². The highest BCUT2D eigenvalue weighted by molar-refractivity contribution is 7.93. The molecule has 1 heterocycles. The summed E-state index contributed by atoms with van der Waals surface area (Å²) in [6, 6.07) is 10.7. The van der Waals surface area contributed by atoms with Crippen LogP contribution in [0.15, 0.2) is 57.8 Å². The quantitative estimate of drug-likeness (QED) is 0.673. The van der Waals surface area contributed by atoms with Crippen LogP contribution in [0.3, 0.4) is 0 Å². The average Bonchev–Trinajstić information content (AvgIpc) is 3.05. The minimum Gasteiger partial charge on any atom is -0.216 e. The van der Waals surface area contributed by atoms with E-state index in [1.807, 2.05) is 6.92 Å². The maximum Gasteiger partial charge on any atom is 0.416 e.